The molecule has 1 nitrogen and oxygen atoms in total. The molecule has 0 aliphatic heterocycles. The molecule has 17 heavy (non-hydrogen) atoms. The minimum absolute atomic E-state index is 0.397. The fraction of sp³-hybridized carbons (Fsp3) is 0.188. The van der Waals surface area contributed by atoms with Crippen LogP contribution in [-0.2, 0) is 0 Å². The number of rotatable bonds is 1. The number of aromatic nitrogens is 1. The molecule has 1 heterocycles. The van der Waals surface area contributed by atoms with E-state index >= 15 is 0 Å². The van der Waals surface area contributed by atoms with Gasteiger partial charge in [-0.25, -0.2) is 0 Å². The molecule has 1 heteroatoms. The standard InChI is InChI=1S/C16H15N/c1-11-9-12(2)15(10-11)14-7-3-5-13-6-4-8-17-16(13)14/h3-10,15H,1-2H3. The molecule has 0 bridgehead atoms. The van der Waals surface area contributed by atoms with E-state index in [0.29, 0.717) is 5.92 Å². The maximum Gasteiger partial charge on any atom is 0.0743 e. The first-order chi connectivity index (χ1) is 8.25. The average Bonchev–Trinajstić information content (AvgIpc) is 2.68. The number of benzene rings is 1. The fourth-order valence-corrected chi connectivity index (χ4v) is 2.61. The van der Waals surface area contributed by atoms with E-state index in [1.807, 2.05) is 12.3 Å². The van der Waals surface area contributed by atoms with Crippen molar-refractivity contribution < 1.29 is 0 Å². The van der Waals surface area contributed by atoms with Crippen LogP contribution in [0.15, 0.2) is 59.8 Å². The van der Waals surface area contributed by atoms with Crippen LogP contribution in [0.3, 0.4) is 0 Å². The van der Waals surface area contributed by atoms with Gasteiger partial charge in [0.25, 0.3) is 0 Å². The number of allylic oxidation sites excluding steroid dienone is 4. The molecule has 1 aromatic carbocycles. The van der Waals surface area contributed by atoms with Crippen LogP contribution < -0.4 is 0 Å². The van der Waals surface area contributed by atoms with E-state index in [0.717, 1.165) is 5.52 Å². The summed E-state index contributed by atoms with van der Waals surface area (Å²) in [5.41, 5.74) is 5.19. The molecule has 0 spiro atoms. The van der Waals surface area contributed by atoms with Crippen LogP contribution >= 0.6 is 0 Å². The second-order valence-corrected chi connectivity index (χ2v) is 4.70. The molecule has 0 saturated heterocycles. The fourth-order valence-electron chi connectivity index (χ4n) is 2.61. The van der Waals surface area contributed by atoms with Gasteiger partial charge in [0, 0.05) is 17.5 Å². The minimum Gasteiger partial charge on any atom is -0.256 e. The van der Waals surface area contributed by atoms with Crippen molar-refractivity contribution in [2.24, 2.45) is 0 Å². The lowest BCUT2D eigenvalue weighted by molar-refractivity contribution is 1.02. The van der Waals surface area contributed by atoms with Crippen molar-refractivity contribution in [3.63, 3.8) is 0 Å². The van der Waals surface area contributed by atoms with Gasteiger partial charge in [-0.15, -0.1) is 0 Å². The quantitative estimate of drug-likeness (QED) is 0.702. The lowest BCUT2D eigenvalue weighted by atomic mass is 9.93. The third kappa shape index (κ3) is 1.68. The Balaban J connectivity index is 2.22. The second-order valence-electron chi connectivity index (χ2n) is 4.70. The number of hydrogen-bond acceptors (Lipinski definition) is 1. The second kappa shape index (κ2) is 3.85. The van der Waals surface area contributed by atoms with E-state index in [1.165, 1.54) is 22.1 Å². The molecule has 3 rings (SSSR count). The molecule has 0 amide bonds. The first-order valence-electron chi connectivity index (χ1n) is 5.96. The Bertz CT molecular complexity index is 630. The summed E-state index contributed by atoms with van der Waals surface area (Å²) in [5, 5.41) is 1.22. The Hall–Kier alpha value is -1.89. The van der Waals surface area contributed by atoms with Gasteiger partial charge in [-0.05, 0) is 25.5 Å². The van der Waals surface area contributed by atoms with Crippen molar-refractivity contribution in [3.05, 3.63) is 65.4 Å². The maximum absolute atomic E-state index is 4.53. The molecule has 1 aliphatic rings. The molecule has 0 saturated carbocycles. The molecular weight excluding hydrogens is 206 g/mol. The molecule has 84 valence electrons. The van der Waals surface area contributed by atoms with Gasteiger partial charge >= 0.3 is 0 Å². The zero-order valence-corrected chi connectivity index (χ0v) is 10.1. The van der Waals surface area contributed by atoms with Gasteiger partial charge in [0.2, 0.25) is 0 Å². The number of pyridine rings is 1. The summed E-state index contributed by atoms with van der Waals surface area (Å²) in [6.07, 6.45) is 6.45. The summed E-state index contributed by atoms with van der Waals surface area (Å²) >= 11 is 0. The van der Waals surface area contributed by atoms with Crippen LogP contribution in [0.2, 0.25) is 0 Å². The van der Waals surface area contributed by atoms with Gasteiger partial charge in [0.1, 0.15) is 0 Å². The highest BCUT2D eigenvalue weighted by Gasteiger charge is 2.18. The SMILES string of the molecule is CC1=CC(c2cccc3cccnc23)C(C)=C1. The van der Waals surface area contributed by atoms with Gasteiger partial charge in [-0.2, -0.15) is 0 Å². The monoisotopic (exact) mass is 221 g/mol. The molecule has 1 atom stereocenters. The third-order valence-corrected chi connectivity index (χ3v) is 3.37. The molecule has 0 fully saturated rings. The Morgan fingerprint density at radius 2 is 1.88 bits per heavy atom. The van der Waals surface area contributed by atoms with Crippen LogP contribution in [0.1, 0.15) is 25.3 Å². The summed E-state index contributed by atoms with van der Waals surface area (Å²) < 4.78 is 0. The molecule has 0 radical (unpaired) electrons. The van der Waals surface area contributed by atoms with Gasteiger partial charge in [0.05, 0.1) is 5.52 Å². The molecule has 1 aromatic heterocycles. The van der Waals surface area contributed by atoms with Crippen LogP contribution in [0.4, 0.5) is 0 Å². The van der Waals surface area contributed by atoms with E-state index in [1.54, 1.807) is 0 Å². The number of hydrogen-bond donors (Lipinski definition) is 0. The van der Waals surface area contributed by atoms with Crippen molar-refractivity contribution >= 4 is 10.9 Å². The first kappa shape index (κ1) is 10.3. The van der Waals surface area contributed by atoms with E-state index in [-0.39, 0.29) is 0 Å². The molecule has 2 aromatic rings. The van der Waals surface area contributed by atoms with Gasteiger partial charge in [0.15, 0.2) is 0 Å². The first-order valence-corrected chi connectivity index (χ1v) is 5.96. The Morgan fingerprint density at radius 1 is 1.06 bits per heavy atom. The van der Waals surface area contributed by atoms with Crippen LogP contribution in [0.5, 0.6) is 0 Å². The maximum atomic E-state index is 4.53. The summed E-state index contributed by atoms with van der Waals surface area (Å²) in [7, 11) is 0. The summed E-state index contributed by atoms with van der Waals surface area (Å²) in [6.45, 7) is 4.35. The van der Waals surface area contributed by atoms with Gasteiger partial charge in [-0.1, -0.05) is 47.6 Å². The molecule has 0 N–H and O–H groups in total. The van der Waals surface area contributed by atoms with Gasteiger partial charge < -0.3 is 0 Å². The van der Waals surface area contributed by atoms with Crippen molar-refractivity contribution in [1.29, 1.82) is 0 Å². The predicted octanol–water partition coefficient (Wildman–Crippen LogP) is 4.22. The summed E-state index contributed by atoms with van der Waals surface area (Å²) in [5.74, 6) is 0.397. The van der Waals surface area contributed by atoms with Crippen molar-refractivity contribution in [2.75, 3.05) is 0 Å². The normalized spacial score (nSPS) is 19.3. The van der Waals surface area contributed by atoms with Crippen molar-refractivity contribution in [1.82, 2.24) is 4.98 Å². The average molecular weight is 221 g/mol. The summed E-state index contributed by atoms with van der Waals surface area (Å²) in [4.78, 5) is 4.53. The third-order valence-electron chi connectivity index (χ3n) is 3.37. The van der Waals surface area contributed by atoms with Gasteiger partial charge in [-0.3, -0.25) is 4.98 Å². The molecule has 1 aliphatic carbocycles. The Labute approximate surface area is 102 Å². The van der Waals surface area contributed by atoms with E-state index in [2.05, 4.69) is 55.2 Å². The van der Waals surface area contributed by atoms with E-state index in [4.69, 9.17) is 0 Å². The van der Waals surface area contributed by atoms with Crippen molar-refractivity contribution in [2.45, 2.75) is 19.8 Å². The predicted molar refractivity (Wildman–Crippen MR) is 72.0 cm³/mol. The lowest BCUT2D eigenvalue weighted by Gasteiger charge is -2.12. The van der Waals surface area contributed by atoms with Crippen LogP contribution in [0.25, 0.3) is 10.9 Å². The van der Waals surface area contributed by atoms with Crippen molar-refractivity contribution in [3.8, 4) is 0 Å². The smallest absolute Gasteiger partial charge is 0.0743 e. The largest absolute Gasteiger partial charge is 0.256 e. The van der Waals surface area contributed by atoms with Crippen LogP contribution in [0, 0.1) is 0 Å². The highest BCUT2D eigenvalue weighted by atomic mass is 14.7. The summed E-state index contributed by atoms with van der Waals surface area (Å²) in [6, 6.07) is 10.5. The Kier molecular flexibility index (Phi) is 2.32. The molecule has 1 unspecified atom stereocenters. The topological polar surface area (TPSA) is 12.9 Å². The zero-order valence-electron chi connectivity index (χ0n) is 10.1. The van der Waals surface area contributed by atoms with E-state index < -0.39 is 0 Å². The highest BCUT2D eigenvalue weighted by Crippen LogP contribution is 2.35. The highest BCUT2D eigenvalue weighted by molar-refractivity contribution is 5.83. The van der Waals surface area contributed by atoms with E-state index in [9.17, 15) is 0 Å². The number of nitrogens with zero attached hydrogens (tertiary/aromatic N) is 1. The zero-order chi connectivity index (χ0) is 11.8. The lowest BCUT2D eigenvalue weighted by Crippen LogP contribution is -1.96. The minimum atomic E-state index is 0.397. The molecular formula is C16H15N. The number of para-hydroxylation sites is 1. The van der Waals surface area contributed by atoms with Crippen LogP contribution in [-0.4, -0.2) is 4.98 Å². The Morgan fingerprint density at radius 3 is 2.65 bits per heavy atom. The number of fused-ring (bicyclic) bond motifs is 1.